The van der Waals surface area contributed by atoms with Crippen LogP contribution in [-0.2, 0) is 9.53 Å². The molecule has 0 unspecified atom stereocenters. The molecule has 22 heavy (non-hydrogen) atoms. The van der Waals surface area contributed by atoms with Gasteiger partial charge in [-0.1, -0.05) is 29.8 Å². The van der Waals surface area contributed by atoms with Gasteiger partial charge in [-0.2, -0.15) is 5.26 Å². The van der Waals surface area contributed by atoms with Crippen molar-refractivity contribution in [3.8, 4) is 6.07 Å². The number of hydrogen-bond donors (Lipinski definition) is 1. The first kappa shape index (κ1) is 15.3. The summed E-state index contributed by atoms with van der Waals surface area (Å²) in [6, 6.07) is 15.5. The summed E-state index contributed by atoms with van der Waals surface area (Å²) in [5, 5.41) is 11.5. The van der Waals surface area contributed by atoms with Gasteiger partial charge in [0.05, 0.1) is 16.8 Å². The van der Waals surface area contributed by atoms with E-state index in [4.69, 9.17) is 10.00 Å². The molecule has 0 aliphatic carbocycles. The number of ether oxygens (including phenoxy) is 1. The van der Waals surface area contributed by atoms with E-state index >= 15 is 0 Å². The van der Waals surface area contributed by atoms with Crippen LogP contribution in [0.2, 0.25) is 0 Å². The Hall–Kier alpha value is -3.13. The van der Waals surface area contributed by atoms with Gasteiger partial charge in [0.25, 0.3) is 5.91 Å². The number of amides is 1. The maximum Gasteiger partial charge on any atom is 0.338 e. The Balaban J connectivity index is 1.93. The number of nitrogens with one attached hydrogen (secondary N) is 1. The number of nitriles is 1. The number of benzene rings is 2. The van der Waals surface area contributed by atoms with E-state index < -0.39 is 18.5 Å². The molecule has 0 heterocycles. The molecule has 0 saturated carbocycles. The van der Waals surface area contributed by atoms with Crippen molar-refractivity contribution in [2.24, 2.45) is 0 Å². The van der Waals surface area contributed by atoms with Gasteiger partial charge in [-0.15, -0.1) is 0 Å². The Morgan fingerprint density at radius 1 is 1.18 bits per heavy atom. The van der Waals surface area contributed by atoms with Crippen LogP contribution in [0.4, 0.5) is 5.69 Å². The van der Waals surface area contributed by atoms with Gasteiger partial charge in [-0.3, -0.25) is 4.79 Å². The number of hydrogen-bond acceptors (Lipinski definition) is 4. The van der Waals surface area contributed by atoms with Crippen molar-refractivity contribution in [3.63, 3.8) is 0 Å². The fraction of sp³-hybridized carbons (Fsp3) is 0.118. The molecule has 5 heteroatoms. The highest BCUT2D eigenvalue weighted by Gasteiger charge is 2.11. The molecule has 0 aromatic heterocycles. The zero-order chi connectivity index (χ0) is 15.9. The molecule has 0 fully saturated rings. The van der Waals surface area contributed by atoms with Crippen LogP contribution in [0, 0.1) is 18.3 Å². The quantitative estimate of drug-likeness (QED) is 0.879. The van der Waals surface area contributed by atoms with Crippen molar-refractivity contribution in [2.45, 2.75) is 6.92 Å². The summed E-state index contributed by atoms with van der Waals surface area (Å²) in [6.07, 6.45) is 0. The molecule has 0 saturated heterocycles. The lowest BCUT2D eigenvalue weighted by Crippen LogP contribution is -2.21. The zero-order valence-electron chi connectivity index (χ0n) is 12.0. The molecule has 2 aromatic rings. The number of carbonyl (C=O) groups is 2. The first-order valence-corrected chi connectivity index (χ1v) is 6.63. The molecule has 0 atom stereocenters. The lowest BCUT2D eigenvalue weighted by molar-refractivity contribution is -0.119. The van der Waals surface area contributed by atoms with Gasteiger partial charge >= 0.3 is 5.97 Å². The van der Waals surface area contributed by atoms with E-state index in [-0.39, 0.29) is 0 Å². The fourth-order valence-corrected chi connectivity index (χ4v) is 1.86. The summed E-state index contributed by atoms with van der Waals surface area (Å²) < 4.78 is 4.96. The van der Waals surface area contributed by atoms with Gasteiger partial charge in [0.2, 0.25) is 0 Å². The fourth-order valence-electron chi connectivity index (χ4n) is 1.86. The summed E-state index contributed by atoms with van der Waals surface area (Å²) >= 11 is 0. The van der Waals surface area contributed by atoms with Crippen LogP contribution in [0.15, 0.2) is 48.5 Å². The van der Waals surface area contributed by atoms with Crippen LogP contribution in [0.25, 0.3) is 0 Å². The van der Waals surface area contributed by atoms with E-state index in [1.165, 1.54) is 0 Å². The monoisotopic (exact) mass is 294 g/mol. The average Bonchev–Trinajstić information content (AvgIpc) is 2.53. The molecule has 1 N–H and O–H groups in total. The van der Waals surface area contributed by atoms with Gasteiger partial charge in [-0.25, -0.2) is 4.79 Å². The minimum atomic E-state index is -0.563. The molecular formula is C17H14N2O3. The predicted octanol–water partition coefficient (Wildman–Crippen LogP) is 2.66. The van der Waals surface area contributed by atoms with Crippen LogP contribution < -0.4 is 5.32 Å². The number of carbonyl (C=O) groups excluding carboxylic acids is 2. The number of aryl methyl sites for hydroxylation is 1. The molecule has 1 amide bonds. The first-order chi connectivity index (χ1) is 10.6. The molecule has 5 nitrogen and oxygen atoms in total. The van der Waals surface area contributed by atoms with Gasteiger partial charge in [0.15, 0.2) is 6.61 Å². The van der Waals surface area contributed by atoms with Gasteiger partial charge in [-0.05, 0) is 31.2 Å². The van der Waals surface area contributed by atoms with Crippen LogP contribution in [0.5, 0.6) is 0 Å². The summed E-state index contributed by atoms with van der Waals surface area (Å²) in [4.78, 5) is 23.6. The number of para-hydroxylation sites is 1. The Morgan fingerprint density at radius 2 is 1.95 bits per heavy atom. The Morgan fingerprint density at radius 3 is 2.68 bits per heavy atom. The topological polar surface area (TPSA) is 79.2 Å². The highest BCUT2D eigenvalue weighted by Crippen LogP contribution is 2.13. The second-order valence-corrected chi connectivity index (χ2v) is 4.65. The van der Waals surface area contributed by atoms with Crippen molar-refractivity contribution < 1.29 is 14.3 Å². The van der Waals surface area contributed by atoms with Gasteiger partial charge in [0.1, 0.15) is 6.07 Å². The van der Waals surface area contributed by atoms with Crippen molar-refractivity contribution >= 4 is 17.6 Å². The summed E-state index contributed by atoms with van der Waals surface area (Å²) in [5.74, 6) is -1.06. The SMILES string of the molecule is Cc1cccc(C(=O)OCC(=O)Nc2ccccc2C#N)c1. The minimum Gasteiger partial charge on any atom is -0.452 e. The molecule has 0 aliphatic rings. The number of rotatable bonds is 4. The summed E-state index contributed by atoms with van der Waals surface area (Å²) in [7, 11) is 0. The number of anilines is 1. The highest BCUT2D eigenvalue weighted by atomic mass is 16.5. The molecule has 0 aliphatic heterocycles. The molecule has 110 valence electrons. The largest absolute Gasteiger partial charge is 0.452 e. The second-order valence-electron chi connectivity index (χ2n) is 4.65. The molecular weight excluding hydrogens is 280 g/mol. The maximum absolute atomic E-state index is 11.8. The Labute approximate surface area is 128 Å². The third kappa shape index (κ3) is 3.93. The molecule has 0 spiro atoms. The predicted molar refractivity (Wildman–Crippen MR) is 81.2 cm³/mol. The van der Waals surface area contributed by atoms with E-state index in [1.807, 2.05) is 19.1 Å². The summed E-state index contributed by atoms with van der Waals surface area (Å²) in [5.41, 5.74) is 2.06. The van der Waals surface area contributed by atoms with E-state index in [2.05, 4.69) is 5.32 Å². The lowest BCUT2D eigenvalue weighted by atomic mass is 10.1. The summed E-state index contributed by atoms with van der Waals surface area (Å²) in [6.45, 7) is 1.45. The van der Waals surface area contributed by atoms with Crippen LogP contribution in [-0.4, -0.2) is 18.5 Å². The molecule has 2 rings (SSSR count). The van der Waals surface area contributed by atoms with Crippen LogP contribution in [0.3, 0.4) is 0 Å². The van der Waals surface area contributed by atoms with E-state index in [9.17, 15) is 9.59 Å². The normalized spacial score (nSPS) is 9.64. The van der Waals surface area contributed by atoms with E-state index in [0.29, 0.717) is 16.8 Å². The number of nitrogens with zero attached hydrogens (tertiary/aromatic N) is 1. The molecule has 2 aromatic carbocycles. The van der Waals surface area contributed by atoms with Gasteiger partial charge in [0, 0.05) is 0 Å². The minimum absolute atomic E-state index is 0.348. The van der Waals surface area contributed by atoms with Crippen molar-refractivity contribution in [1.29, 1.82) is 5.26 Å². The van der Waals surface area contributed by atoms with Gasteiger partial charge < -0.3 is 10.1 Å². The number of esters is 1. The van der Waals surface area contributed by atoms with Crippen molar-refractivity contribution in [1.82, 2.24) is 0 Å². The highest BCUT2D eigenvalue weighted by molar-refractivity contribution is 5.96. The maximum atomic E-state index is 11.8. The molecule has 0 radical (unpaired) electrons. The third-order valence-corrected chi connectivity index (χ3v) is 2.91. The Bertz CT molecular complexity index is 748. The van der Waals surface area contributed by atoms with Crippen LogP contribution >= 0.6 is 0 Å². The van der Waals surface area contributed by atoms with Crippen molar-refractivity contribution in [2.75, 3.05) is 11.9 Å². The second kappa shape index (κ2) is 7.04. The third-order valence-electron chi connectivity index (χ3n) is 2.91. The zero-order valence-corrected chi connectivity index (χ0v) is 12.0. The smallest absolute Gasteiger partial charge is 0.338 e. The average molecular weight is 294 g/mol. The standard InChI is InChI=1S/C17H14N2O3/c1-12-5-4-7-13(9-12)17(21)22-11-16(20)19-15-8-3-2-6-14(15)10-18/h2-9H,11H2,1H3,(H,19,20). The van der Waals surface area contributed by atoms with Crippen molar-refractivity contribution in [3.05, 3.63) is 65.2 Å². The first-order valence-electron chi connectivity index (χ1n) is 6.63. The van der Waals surface area contributed by atoms with E-state index in [1.54, 1.807) is 42.5 Å². The Kier molecular flexibility index (Phi) is 4.89. The van der Waals surface area contributed by atoms with Crippen LogP contribution in [0.1, 0.15) is 21.5 Å². The molecule has 0 bridgehead atoms. The lowest BCUT2D eigenvalue weighted by Gasteiger charge is -2.08. The van der Waals surface area contributed by atoms with E-state index in [0.717, 1.165) is 5.56 Å².